The van der Waals surface area contributed by atoms with Crippen LogP contribution in [0.4, 0.5) is 0 Å². The minimum atomic E-state index is -0.139. The maximum absolute atomic E-state index is 5.67. The summed E-state index contributed by atoms with van der Waals surface area (Å²) in [4.78, 5) is 7.70. The van der Waals surface area contributed by atoms with E-state index in [1.807, 2.05) is 39.0 Å². The third kappa shape index (κ3) is 2.83. The SMILES string of the molecule is CC(C)(C)OCc1nc2ccc(Br)cc2[nH]1. The Morgan fingerprint density at radius 3 is 2.81 bits per heavy atom. The molecule has 86 valence electrons. The molecule has 3 nitrogen and oxygen atoms in total. The molecule has 1 aromatic heterocycles. The van der Waals surface area contributed by atoms with Crippen LogP contribution in [0.25, 0.3) is 11.0 Å². The van der Waals surface area contributed by atoms with Crippen molar-refractivity contribution in [1.82, 2.24) is 9.97 Å². The van der Waals surface area contributed by atoms with E-state index >= 15 is 0 Å². The molecule has 0 aliphatic rings. The van der Waals surface area contributed by atoms with Gasteiger partial charge in [0.25, 0.3) is 0 Å². The van der Waals surface area contributed by atoms with E-state index in [-0.39, 0.29) is 5.60 Å². The van der Waals surface area contributed by atoms with E-state index in [0.29, 0.717) is 6.61 Å². The molecule has 2 rings (SSSR count). The third-order valence-electron chi connectivity index (χ3n) is 2.13. The molecule has 1 aromatic carbocycles. The Kier molecular flexibility index (Phi) is 3.04. The van der Waals surface area contributed by atoms with Crippen molar-refractivity contribution in [2.24, 2.45) is 0 Å². The number of fused-ring (bicyclic) bond motifs is 1. The Morgan fingerprint density at radius 2 is 2.12 bits per heavy atom. The first kappa shape index (κ1) is 11.6. The van der Waals surface area contributed by atoms with Crippen LogP contribution in [0.2, 0.25) is 0 Å². The smallest absolute Gasteiger partial charge is 0.133 e. The summed E-state index contributed by atoms with van der Waals surface area (Å²) in [5, 5.41) is 0. The van der Waals surface area contributed by atoms with Gasteiger partial charge in [0.15, 0.2) is 0 Å². The van der Waals surface area contributed by atoms with Crippen LogP contribution in [0.15, 0.2) is 22.7 Å². The second-order valence-electron chi connectivity index (χ2n) is 4.75. The minimum absolute atomic E-state index is 0.139. The summed E-state index contributed by atoms with van der Waals surface area (Å²) >= 11 is 3.43. The van der Waals surface area contributed by atoms with Crippen LogP contribution in [-0.2, 0) is 11.3 Å². The fourth-order valence-electron chi connectivity index (χ4n) is 1.39. The van der Waals surface area contributed by atoms with E-state index in [0.717, 1.165) is 21.3 Å². The fourth-order valence-corrected chi connectivity index (χ4v) is 1.75. The molecule has 16 heavy (non-hydrogen) atoms. The van der Waals surface area contributed by atoms with Gasteiger partial charge < -0.3 is 9.72 Å². The molecule has 0 bridgehead atoms. The summed E-state index contributed by atoms with van der Waals surface area (Å²) in [5.74, 6) is 0.864. The monoisotopic (exact) mass is 282 g/mol. The van der Waals surface area contributed by atoms with Crippen LogP contribution < -0.4 is 0 Å². The highest BCUT2D eigenvalue weighted by atomic mass is 79.9. The molecule has 0 amide bonds. The lowest BCUT2D eigenvalue weighted by Gasteiger charge is -2.18. The Hall–Kier alpha value is -0.870. The summed E-state index contributed by atoms with van der Waals surface area (Å²) in [7, 11) is 0. The largest absolute Gasteiger partial charge is 0.368 e. The highest BCUT2D eigenvalue weighted by Gasteiger charge is 2.11. The molecule has 4 heteroatoms. The van der Waals surface area contributed by atoms with Crippen molar-refractivity contribution in [3.8, 4) is 0 Å². The molecule has 0 aliphatic heterocycles. The van der Waals surface area contributed by atoms with E-state index < -0.39 is 0 Å². The topological polar surface area (TPSA) is 37.9 Å². The van der Waals surface area contributed by atoms with Crippen LogP contribution in [-0.4, -0.2) is 15.6 Å². The molecule has 0 radical (unpaired) electrons. The first-order valence-electron chi connectivity index (χ1n) is 5.22. The summed E-state index contributed by atoms with van der Waals surface area (Å²) < 4.78 is 6.72. The Morgan fingerprint density at radius 1 is 1.38 bits per heavy atom. The maximum atomic E-state index is 5.67. The normalized spacial score (nSPS) is 12.2. The Labute approximate surface area is 103 Å². The van der Waals surface area contributed by atoms with Crippen LogP contribution in [0.3, 0.4) is 0 Å². The molecule has 0 fully saturated rings. The van der Waals surface area contributed by atoms with Crippen molar-refractivity contribution in [1.29, 1.82) is 0 Å². The van der Waals surface area contributed by atoms with Crippen LogP contribution >= 0.6 is 15.9 Å². The highest BCUT2D eigenvalue weighted by molar-refractivity contribution is 9.10. The Balaban J connectivity index is 2.20. The predicted molar refractivity (Wildman–Crippen MR) is 68.3 cm³/mol. The number of H-pyrrole nitrogens is 1. The second kappa shape index (κ2) is 4.18. The molecule has 1 N–H and O–H groups in total. The fraction of sp³-hybridized carbons (Fsp3) is 0.417. The van der Waals surface area contributed by atoms with Gasteiger partial charge in [0.1, 0.15) is 12.4 Å². The zero-order chi connectivity index (χ0) is 11.8. The van der Waals surface area contributed by atoms with Gasteiger partial charge in [0.2, 0.25) is 0 Å². The minimum Gasteiger partial charge on any atom is -0.368 e. The number of imidazole rings is 1. The molecular formula is C12H15BrN2O. The summed E-state index contributed by atoms with van der Waals surface area (Å²) in [6, 6.07) is 5.98. The number of aromatic nitrogens is 2. The number of nitrogens with zero attached hydrogens (tertiary/aromatic N) is 1. The average molecular weight is 283 g/mol. The zero-order valence-electron chi connectivity index (χ0n) is 9.67. The van der Waals surface area contributed by atoms with E-state index in [2.05, 4.69) is 25.9 Å². The molecule has 2 aromatic rings. The number of ether oxygens (including phenoxy) is 1. The summed E-state index contributed by atoms with van der Waals surface area (Å²) in [5.41, 5.74) is 1.86. The van der Waals surface area contributed by atoms with E-state index in [9.17, 15) is 0 Å². The van der Waals surface area contributed by atoms with Gasteiger partial charge in [-0.15, -0.1) is 0 Å². The van der Waals surface area contributed by atoms with E-state index in [4.69, 9.17) is 4.74 Å². The highest BCUT2D eigenvalue weighted by Crippen LogP contribution is 2.18. The van der Waals surface area contributed by atoms with Gasteiger partial charge in [0, 0.05) is 4.47 Å². The lowest BCUT2D eigenvalue weighted by Crippen LogP contribution is -2.19. The Bertz CT molecular complexity index is 499. The van der Waals surface area contributed by atoms with Gasteiger partial charge in [-0.2, -0.15) is 0 Å². The van der Waals surface area contributed by atoms with Gasteiger partial charge in [-0.05, 0) is 39.0 Å². The predicted octanol–water partition coefficient (Wildman–Crippen LogP) is 3.64. The molecule has 1 heterocycles. The number of nitrogens with one attached hydrogen (secondary N) is 1. The third-order valence-corrected chi connectivity index (χ3v) is 2.63. The summed E-state index contributed by atoms with van der Waals surface area (Å²) in [6.07, 6.45) is 0. The number of rotatable bonds is 2. The molecule has 0 saturated carbocycles. The second-order valence-corrected chi connectivity index (χ2v) is 5.66. The van der Waals surface area contributed by atoms with Gasteiger partial charge in [-0.25, -0.2) is 4.98 Å². The molecule has 0 spiro atoms. The van der Waals surface area contributed by atoms with Crippen molar-refractivity contribution < 1.29 is 4.74 Å². The number of aromatic amines is 1. The summed E-state index contributed by atoms with van der Waals surface area (Å²) in [6.45, 7) is 6.61. The molecule has 0 unspecified atom stereocenters. The van der Waals surface area contributed by atoms with Crippen molar-refractivity contribution in [3.63, 3.8) is 0 Å². The average Bonchev–Trinajstić information content (AvgIpc) is 2.55. The first-order valence-corrected chi connectivity index (χ1v) is 6.01. The van der Waals surface area contributed by atoms with Crippen LogP contribution in [0.5, 0.6) is 0 Å². The first-order chi connectivity index (χ1) is 7.44. The van der Waals surface area contributed by atoms with Crippen molar-refractivity contribution in [3.05, 3.63) is 28.5 Å². The number of halogens is 1. The lowest BCUT2D eigenvalue weighted by molar-refractivity contribution is -0.0177. The standard InChI is InChI=1S/C12H15BrN2O/c1-12(2,3)16-7-11-14-9-5-4-8(13)6-10(9)15-11/h4-6H,7H2,1-3H3,(H,14,15). The number of benzene rings is 1. The molecule has 0 atom stereocenters. The lowest BCUT2D eigenvalue weighted by atomic mass is 10.2. The molecular weight excluding hydrogens is 268 g/mol. The van der Waals surface area contributed by atoms with Crippen molar-refractivity contribution in [2.75, 3.05) is 0 Å². The number of hydrogen-bond acceptors (Lipinski definition) is 2. The maximum Gasteiger partial charge on any atom is 0.133 e. The van der Waals surface area contributed by atoms with Crippen LogP contribution in [0.1, 0.15) is 26.6 Å². The van der Waals surface area contributed by atoms with Crippen molar-refractivity contribution >= 4 is 27.0 Å². The van der Waals surface area contributed by atoms with Gasteiger partial charge in [-0.1, -0.05) is 15.9 Å². The van der Waals surface area contributed by atoms with Crippen molar-refractivity contribution in [2.45, 2.75) is 33.0 Å². The zero-order valence-corrected chi connectivity index (χ0v) is 11.3. The molecule has 0 aliphatic carbocycles. The van der Waals surface area contributed by atoms with Gasteiger partial charge in [-0.3, -0.25) is 0 Å². The van der Waals surface area contributed by atoms with E-state index in [1.165, 1.54) is 0 Å². The quantitative estimate of drug-likeness (QED) is 0.913. The number of hydrogen-bond donors (Lipinski definition) is 1. The van der Waals surface area contributed by atoms with Crippen LogP contribution in [0, 0.1) is 0 Å². The molecule has 0 saturated heterocycles. The van der Waals surface area contributed by atoms with Gasteiger partial charge in [0.05, 0.1) is 16.6 Å². The van der Waals surface area contributed by atoms with E-state index in [1.54, 1.807) is 0 Å². The van der Waals surface area contributed by atoms with Gasteiger partial charge >= 0.3 is 0 Å².